The van der Waals surface area contributed by atoms with Gasteiger partial charge in [-0.05, 0) is 19.1 Å². The Balaban J connectivity index is 2.11. The van der Waals surface area contributed by atoms with Crippen LogP contribution in [-0.4, -0.2) is 35.3 Å². The number of hydrogen-bond donors (Lipinski definition) is 2. The summed E-state index contributed by atoms with van der Waals surface area (Å²) in [4.78, 5) is 0. The van der Waals surface area contributed by atoms with Crippen molar-refractivity contribution in [1.82, 2.24) is 5.32 Å². The molecule has 1 rings (SSSR count). The number of aliphatic hydroxyl groups is 1. The molecule has 1 saturated heterocycles. The quantitative estimate of drug-likeness (QED) is 0.631. The van der Waals surface area contributed by atoms with E-state index in [0.29, 0.717) is 6.04 Å². The van der Waals surface area contributed by atoms with Gasteiger partial charge in [0.25, 0.3) is 0 Å². The Bertz CT molecular complexity index is 93.6. The zero-order valence-corrected chi connectivity index (χ0v) is 7.16. The van der Waals surface area contributed by atoms with Crippen molar-refractivity contribution in [2.75, 3.05) is 18.1 Å². The van der Waals surface area contributed by atoms with Crippen molar-refractivity contribution < 1.29 is 5.11 Å². The Morgan fingerprint density at radius 3 is 3.10 bits per heavy atom. The Morgan fingerprint density at radius 2 is 2.60 bits per heavy atom. The fourth-order valence-corrected chi connectivity index (χ4v) is 2.29. The molecular formula is C7H15NOS. The molecule has 1 fully saturated rings. The van der Waals surface area contributed by atoms with E-state index in [1.807, 2.05) is 18.7 Å². The molecule has 3 heteroatoms. The van der Waals surface area contributed by atoms with E-state index in [1.165, 1.54) is 17.9 Å². The lowest BCUT2D eigenvalue weighted by atomic mass is 10.2. The number of rotatable bonds is 3. The van der Waals surface area contributed by atoms with Crippen molar-refractivity contribution in [3.63, 3.8) is 0 Å². The van der Waals surface area contributed by atoms with E-state index in [1.54, 1.807) is 0 Å². The van der Waals surface area contributed by atoms with E-state index in [2.05, 4.69) is 5.32 Å². The molecule has 0 aliphatic carbocycles. The van der Waals surface area contributed by atoms with Crippen LogP contribution >= 0.6 is 11.8 Å². The molecule has 0 radical (unpaired) electrons. The Kier molecular flexibility index (Phi) is 3.52. The van der Waals surface area contributed by atoms with Gasteiger partial charge in [0.05, 0.1) is 6.61 Å². The minimum atomic E-state index is 0.251. The van der Waals surface area contributed by atoms with Gasteiger partial charge in [-0.3, -0.25) is 0 Å². The van der Waals surface area contributed by atoms with Gasteiger partial charge in [-0.1, -0.05) is 0 Å². The summed E-state index contributed by atoms with van der Waals surface area (Å²) >= 11 is 1.99. The predicted octanol–water partition coefficient (Wildman–Crippen LogP) is 0.462. The van der Waals surface area contributed by atoms with Crippen LogP contribution in [0.15, 0.2) is 0 Å². The molecular weight excluding hydrogens is 146 g/mol. The fourth-order valence-electron chi connectivity index (χ4n) is 1.12. The molecule has 0 spiro atoms. The molecule has 0 aromatic rings. The number of aliphatic hydroxyl groups excluding tert-OH is 1. The molecule has 2 nitrogen and oxygen atoms in total. The van der Waals surface area contributed by atoms with E-state index in [-0.39, 0.29) is 12.6 Å². The minimum Gasteiger partial charge on any atom is -0.395 e. The van der Waals surface area contributed by atoms with Crippen molar-refractivity contribution in [3.8, 4) is 0 Å². The van der Waals surface area contributed by atoms with Crippen LogP contribution in [0.1, 0.15) is 13.3 Å². The summed E-state index contributed by atoms with van der Waals surface area (Å²) in [6.45, 7) is 2.27. The van der Waals surface area contributed by atoms with Gasteiger partial charge in [0.2, 0.25) is 0 Å². The van der Waals surface area contributed by atoms with Crippen LogP contribution in [0.4, 0.5) is 0 Å². The van der Waals surface area contributed by atoms with Crippen molar-refractivity contribution in [2.24, 2.45) is 0 Å². The largest absolute Gasteiger partial charge is 0.395 e. The van der Waals surface area contributed by atoms with E-state index >= 15 is 0 Å². The van der Waals surface area contributed by atoms with Gasteiger partial charge in [-0.2, -0.15) is 11.8 Å². The third kappa shape index (κ3) is 2.48. The van der Waals surface area contributed by atoms with Gasteiger partial charge >= 0.3 is 0 Å². The van der Waals surface area contributed by atoms with Crippen LogP contribution in [0.3, 0.4) is 0 Å². The molecule has 0 amide bonds. The summed E-state index contributed by atoms with van der Waals surface area (Å²) in [7, 11) is 0. The lowest BCUT2D eigenvalue weighted by Crippen LogP contribution is -2.38. The van der Waals surface area contributed by atoms with Gasteiger partial charge in [-0.25, -0.2) is 0 Å². The number of hydrogen-bond acceptors (Lipinski definition) is 3. The summed E-state index contributed by atoms with van der Waals surface area (Å²) in [5, 5.41) is 12.1. The highest BCUT2D eigenvalue weighted by molar-refractivity contribution is 7.99. The lowest BCUT2D eigenvalue weighted by Gasteiger charge is -2.15. The molecule has 10 heavy (non-hydrogen) atoms. The second-order valence-corrected chi connectivity index (χ2v) is 3.96. The standard InChI is InChI=1S/C7H15NOS/c1-6(4-9)8-7-2-3-10-5-7/h6-9H,2-5H2,1H3/t6-,7+/m0/s1. The zero-order chi connectivity index (χ0) is 7.40. The first kappa shape index (κ1) is 8.37. The highest BCUT2D eigenvalue weighted by Crippen LogP contribution is 2.17. The first-order valence-corrected chi connectivity index (χ1v) is 4.93. The van der Waals surface area contributed by atoms with Crippen LogP contribution in [0.2, 0.25) is 0 Å². The third-order valence-corrected chi connectivity index (χ3v) is 2.89. The Hall–Kier alpha value is 0.270. The maximum Gasteiger partial charge on any atom is 0.0582 e. The average molecular weight is 161 g/mol. The molecule has 0 bridgehead atoms. The molecule has 0 aromatic carbocycles. The number of thioether (sulfide) groups is 1. The molecule has 1 aliphatic heterocycles. The van der Waals surface area contributed by atoms with Crippen molar-refractivity contribution in [1.29, 1.82) is 0 Å². The van der Waals surface area contributed by atoms with Crippen LogP contribution in [0.25, 0.3) is 0 Å². The molecule has 1 aliphatic rings. The molecule has 0 unspecified atom stereocenters. The molecule has 0 aromatic heterocycles. The van der Waals surface area contributed by atoms with Crippen LogP contribution in [0.5, 0.6) is 0 Å². The first-order valence-electron chi connectivity index (χ1n) is 3.77. The van der Waals surface area contributed by atoms with Crippen molar-refractivity contribution >= 4 is 11.8 Å². The molecule has 1 heterocycles. The van der Waals surface area contributed by atoms with E-state index in [0.717, 1.165) is 0 Å². The minimum absolute atomic E-state index is 0.251. The highest BCUT2D eigenvalue weighted by Gasteiger charge is 2.16. The van der Waals surface area contributed by atoms with Crippen LogP contribution in [0, 0.1) is 0 Å². The average Bonchev–Trinajstić information content (AvgIpc) is 2.40. The molecule has 2 atom stereocenters. The molecule has 60 valence electrons. The summed E-state index contributed by atoms with van der Waals surface area (Å²) in [6, 6.07) is 0.913. The zero-order valence-electron chi connectivity index (χ0n) is 6.34. The molecule has 0 saturated carbocycles. The van der Waals surface area contributed by atoms with Gasteiger partial charge in [0, 0.05) is 17.8 Å². The van der Waals surface area contributed by atoms with E-state index < -0.39 is 0 Å². The van der Waals surface area contributed by atoms with Crippen molar-refractivity contribution in [3.05, 3.63) is 0 Å². The summed E-state index contributed by atoms with van der Waals surface area (Å²) in [6.07, 6.45) is 1.26. The van der Waals surface area contributed by atoms with E-state index in [9.17, 15) is 0 Å². The topological polar surface area (TPSA) is 32.3 Å². The Morgan fingerprint density at radius 1 is 1.80 bits per heavy atom. The van der Waals surface area contributed by atoms with Crippen LogP contribution in [-0.2, 0) is 0 Å². The van der Waals surface area contributed by atoms with Crippen LogP contribution < -0.4 is 5.32 Å². The smallest absolute Gasteiger partial charge is 0.0582 e. The Labute approximate surface area is 66.4 Å². The summed E-state index contributed by atoms with van der Waals surface area (Å²) in [5.74, 6) is 2.49. The predicted molar refractivity (Wildman–Crippen MR) is 45.4 cm³/mol. The monoisotopic (exact) mass is 161 g/mol. The fraction of sp³-hybridized carbons (Fsp3) is 1.00. The highest BCUT2D eigenvalue weighted by atomic mass is 32.2. The maximum atomic E-state index is 8.73. The summed E-state index contributed by atoms with van der Waals surface area (Å²) < 4.78 is 0. The summed E-state index contributed by atoms with van der Waals surface area (Å²) in [5.41, 5.74) is 0. The SMILES string of the molecule is C[C@@H](CO)N[C@@H]1CCSC1. The van der Waals surface area contributed by atoms with Gasteiger partial charge in [-0.15, -0.1) is 0 Å². The van der Waals surface area contributed by atoms with Gasteiger partial charge in [0.1, 0.15) is 0 Å². The number of nitrogens with one attached hydrogen (secondary N) is 1. The van der Waals surface area contributed by atoms with E-state index in [4.69, 9.17) is 5.11 Å². The molecule has 2 N–H and O–H groups in total. The first-order chi connectivity index (χ1) is 4.83. The maximum absolute atomic E-state index is 8.73. The van der Waals surface area contributed by atoms with Crippen molar-refractivity contribution in [2.45, 2.75) is 25.4 Å². The normalized spacial score (nSPS) is 28.8. The second kappa shape index (κ2) is 4.21. The second-order valence-electron chi connectivity index (χ2n) is 2.81. The third-order valence-electron chi connectivity index (χ3n) is 1.72. The van der Waals surface area contributed by atoms with Gasteiger partial charge in [0.15, 0.2) is 0 Å². The van der Waals surface area contributed by atoms with Gasteiger partial charge < -0.3 is 10.4 Å². The lowest BCUT2D eigenvalue weighted by molar-refractivity contribution is 0.243.